The minimum absolute atomic E-state index is 0.00607. The third-order valence-corrected chi connectivity index (χ3v) is 1.99. The van der Waals surface area contributed by atoms with E-state index in [9.17, 15) is 0 Å². The molecule has 2 nitrogen and oxygen atoms in total. The zero-order valence-electron chi connectivity index (χ0n) is 7.72. The van der Waals surface area contributed by atoms with Crippen molar-refractivity contribution in [1.29, 1.82) is 0 Å². The van der Waals surface area contributed by atoms with Crippen molar-refractivity contribution in [1.82, 2.24) is 0 Å². The molecule has 0 aromatic heterocycles. The molecule has 3 heteroatoms. The highest BCUT2D eigenvalue weighted by molar-refractivity contribution is 6.19. The van der Waals surface area contributed by atoms with Crippen LogP contribution in [0.2, 0.25) is 0 Å². The summed E-state index contributed by atoms with van der Waals surface area (Å²) in [6, 6.07) is 0. The molecule has 0 bridgehead atoms. The van der Waals surface area contributed by atoms with E-state index in [2.05, 4.69) is 11.8 Å². The monoisotopic (exact) mass is 202 g/mol. The number of alkyl halides is 1. The Morgan fingerprint density at radius 2 is 2.31 bits per heavy atom. The molecule has 0 spiro atoms. The van der Waals surface area contributed by atoms with Gasteiger partial charge in [-0.3, -0.25) is 0 Å². The largest absolute Gasteiger partial charge is 0.353 e. The molecule has 0 aliphatic carbocycles. The topological polar surface area (TPSA) is 18.5 Å². The minimum Gasteiger partial charge on any atom is -0.353 e. The minimum atomic E-state index is 0.00607. The van der Waals surface area contributed by atoms with Crippen LogP contribution >= 0.6 is 11.6 Å². The van der Waals surface area contributed by atoms with E-state index in [-0.39, 0.29) is 6.29 Å². The van der Waals surface area contributed by atoms with Gasteiger partial charge in [-0.1, -0.05) is 11.8 Å². The predicted octanol–water partition coefficient (Wildman–Crippen LogP) is 2.16. The molecule has 0 aromatic rings. The Hall–Kier alpha value is -0.230. The maximum Gasteiger partial charge on any atom is 0.157 e. The van der Waals surface area contributed by atoms with Crippen molar-refractivity contribution in [2.75, 3.05) is 19.1 Å². The average Bonchev–Trinajstić information content (AvgIpc) is 2.19. The van der Waals surface area contributed by atoms with E-state index in [1.165, 1.54) is 6.42 Å². The van der Waals surface area contributed by atoms with Crippen LogP contribution < -0.4 is 0 Å². The first-order chi connectivity index (χ1) is 6.43. The lowest BCUT2D eigenvalue weighted by Gasteiger charge is -2.22. The van der Waals surface area contributed by atoms with Gasteiger partial charge in [0.15, 0.2) is 6.29 Å². The Bertz CT molecular complexity index is 177. The summed E-state index contributed by atoms with van der Waals surface area (Å²) in [6.45, 7) is 1.48. The van der Waals surface area contributed by atoms with E-state index in [0.29, 0.717) is 12.5 Å². The number of hydrogen-bond donors (Lipinski definition) is 0. The van der Waals surface area contributed by atoms with Crippen molar-refractivity contribution in [3.8, 4) is 11.8 Å². The standard InChI is InChI=1S/C10H15ClO2/c11-7-3-1-4-8-12-10-6-2-5-9-13-10/h10H,2,4-9H2. The van der Waals surface area contributed by atoms with Crippen LogP contribution in [0.5, 0.6) is 0 Å². The fraction of sp³-hybridized carbons (Fsp3) is 0.800. The highest BCUT2D eigenvalue weighted by Crippen LogP contribution is 2.13. The van der Waals surface area contributed by atoms with E-state index >= 15 is 0 Å². The summed E-state index contributed by atoms with van der Waals surface area (Å²) < 4.78 is 10.8. The first-order valence-electron chi connectivity index (χ1n) is 4.68. The van der Waals surface area contributed by atoms with E-state index in [0.717, 1.165) is 25.9 Å². The van der Waals surface area contributed by atoms with Crippen LogP contribution in [-0.4, -0.2) is 25.4 Å². The van der Waals surface area contributed by atoms with E-state index in [1.807, 2.05) is 0 Å². The van der Waals surface area contributed by atoms with Gasteiger partial charge in [-0.2, -0.15) is 0 Å². The van der Waals surface area contributed by atoms with Gasteiger partial charge in [0.1, 0.15) is 0 Å². The Morgan fingerprint density at radius 3 is 3.00 bits per heavy atom. The van der Waals surface area contributed by atoms with Gasteiger partial charge in [0.2, 0.25) is 0 Å². The summed E-state index contributed by atoms with van der Waals surface area (Å²) in [7, 11) is 0. The van der Waals surface area contributed by atoms with Crippen molar-refractivity contribution in [3.63, 3.8) is 0 Å². The molecule has 1 saturated heterocycles. The van der Waals surface area contributed by atoms with Gasteiger partial charge in [-0.05, 0) is 19.3 Å². The van der Waals surface area contributed by atoms with Gasteiger partial charge < -0.3 is 9.47 Å². The first kappa shape index (κ1) is 10.8. The molecule has 1 rings (SSSR count). The molecule has 0 aromatic carbocycles. The maximum absolute atomic E-state index is 5.46. The smallest absolute Gasteiger partial charge is 0.157 e. The van der Waals surface area contributed by atoms with E-state index in [1.54, 1.807) is 0 Å². The van der Waals surface area contributed by atoms with Crippen molar-refractivity contribution >= 4 is 11.6 Å². The molecule has 1 atom stereocenters. The molecule has 0 amide bonds. The number of rotatable bonds is 3. The molecule has 13 heavy (non-hydrogen) atoms. The lowest BCUT2D eigenvalue weighted by Crippen LogP contribution is -2.22. The number of halogens is 1. The van der Waals surface area contributed by atoms with Crippen molar-refractivity contribution in [3.05, 3.63) is 0 Å². The van der Waals surface area contributed by atoms with E-state index in [4.69, 9.17) is 21.1 Å². The third kappa shape index (κ3) is 5.15. The molecule has 1 unspecified atom stereocenters. The van der Waals surface area contributed by atoms with Crippen LogP contribution in [0, 0.1) is 11.8 Å². The third-order valence-electron chi connectivity index (χ3n) is 1.86. The predicted molar refractivity (Wildman–Crippen MR) is 52.7 cm³/mol. The van der Waals surface area contributed by atoms with Crippen LogP contribution in [0.4, 0.5) is 0 Å². The van der Waals surface area contributed by atoms with Crippen LogP contribution in [0.25, 0.3) is 0 Å². The summed E-state index contributed by atoms with van der Waals surface area (Å²) in [4.78, 5) is 0. The van der Waals surface area contributed by atoms with Crippen LogP contribution in [0.1, 0.15) is 25.7 Å². The summed E-state index contributed by atoms with van der Waals surface area (Å²) in [5.74, 6) is 6.10. The molecule has 0 radical (unpaired) electrons. The summed E-state index contributed by atoms with van der Waals surface area (Å²) in [5, 5.41) is 0. The van der Waals surface area contributed by atoms with Crippen molar-refractivity contribution in [2.24, 2.45) is 0 Å². The van der Waals surface area contributed by atoms with Crippen LogP contribution in [0.15, 0.2) is 0 Å². The highest BCUT2D eigenvalue weighted by Gasteiger charge is 2.12. The van der Waals surface area contributed by atoms with Crippen LogP contribution in [0.3, 0.4) is 0 Å². The van der Waals surface area contributed by atoms with Gasteiger partial charge >= 0.3 is 0 Å². The molecule has 0 saturated carbocycles. The highest BCUT2D eigenvalue weighted by atomic mass is 35.5. The second kappa shape index (κ2) is 7.20. The fourth-order valence-electron chi connectivity index (χ4n) is 1.22. The number of hydrogen-bond acceptors (Lipinski definition) is 2. The van der Waals surface area contributed by atoms with Crippen molar-refractivity contribution < 1.29 is 9.47 Å². The summed E-state index contributed by atoms with van der Waals surface area (Å²) >= 11 is 5.39. The van der Waals surface area contributed by atoms with Crippen LogP contribution in [-0.2, 0) is 9.47 Å². The summed E-state index contributed by atoms with van der Waals surface area (Å²) in [5.41, 5.74) is 0. The molecule has 74 valence electrons. The lowest BCUT2D eigenvalue weighted by atomic mass is 10.2. The zero-order valence-corrected chi connectivity index (χ0v) is 8.48. The number of ether oxygens (including phenoxy) is 2. The Balaban J connectivity index is 1.98. The molecular formula is C10H15ClO2. The van der Waals surface area contributed by atoms with Gasteiger partial charge in [-0.25, -0.2) is 0 Å². The average molecular weight is 203 g/mol. The SMILES string of the molecule is ClCC#CCCOC1CCCCO1. The normalized spacial score (nSPS) is 22.1. The molecular weight excluding hydrogens is 188 g/mol. The van der Waals surface area contributed by atoms with E-state index < -0.39 is 0 Å². The molecule has 1 heterocycles. The van der Waals surface area contributed by atoms with Gasteiger partial charge in [0.05, 0.1) is 12.5 Å². The Morgan fingerprint density at radius 1 is 1.38 bits per heavy atom. The maximum atomic E-state index is 5.46. The molecule has 1 fully saturated rings. The lowest BCUT2D eigenvalue weighted by molar-refractivity contribution is -0.161. The summed E-state index contributed by atoms with van der Waals surface area (Å²) in [6.07, 6.45) is 4.13. The first-order valence-corrected chi connectivity index (χ1v) is 5.22. The van der Waals surface area contributed by atoms with Gasteiger partial charge in [0.25, 0.3) is 0 Å². The molecule has 1 aliphatic heterocycles. The Labute approximate surface area is 84.5 Å². The second-order valence-corrected chi connectivity index (χ2v) is 3.17. The molecule has 0 N–H and O–H groups in total. The van der Waals surface area contributed by atoms with Gasteiger partial charge in [-0.15, -0.1) is 11.6 Å². The molecule has 1 aliphatic rings. The second-order valence-electron chi connectivity index (χ2n) is 2.90. The quantitative estimate of drug-likeness (QED) is 0.397. The van der Waals surface area contributed by atoms with Crippen molar-refractivity contribution in [2.45, 2.75) is 32.0 Å². The van der Waals surface area contributed by atoms with Gasteiger partial charge in [0, 0.05) is 13.0 Å². The zero-order chi connectivity index (χ0) is 9.36. The fourth-order valence-corrected chi connectivity index (χ4v) is 1.31. The Kier molecular flexibility index (Phi) is 6.01.